The van der Waals surface area contributed by atoms with Gasteiger partial charge in [0, 0.05) is 30.2 Å². The predicted molar refractivity (Wildman–Crippen MR) is 89.1 cm³/mol. The van der Waals surface area contributed by atoms with E-state index in [4.69, 9.17) is 4.74 Å². The highest BCUT2D eigenvalue weighted by atomic mass is 19.1. The lowest BCUT2D eigenvalue weighted by molar-refractivity contribution is 0.300. The van der Waals surface area contributed by atoms with Crippen LogP contribution in [0.2, 0.25) is 0 Å². The molecule has 0 bridgehead atoms. The Hall–Kier alpha value is -3.28. The molecule has 6 heteroatoms. The average Bonchev–Trinajstić information content (AvgIpc) is 3.03. The molecule has 0 aliphatic heterocycles. The van der Waals surface area contributed by atoms with Crippen molar-refractivity contribution in [2.45, 2.75) is 6.61 Å². The Bertz CT molecular complexity index is 1030. The van der Waals surface area contributed by atoms with Crippen molar-refractivity contribution in [3.8, 4) is 16.9 Å². The van der Waals surface area contributed by atoms with Gasteiger partial charge in [-0.05, 0) is 29.8 Å². The van der Waals surface area contributed by atoms with E-state index in [0.29, 0.717) is 17.2 Å². The maximum atomic E-state index is 13.2. The Morgan fingerprint density at radius 3 is 2.56 bits per heavy atom. The van der Waals surface area contributed by atoms with E-state index in [9.17, 15) is 8.78 Å². The summed E-state index contributed by atoms with van der Waals surface area (Å²) in [6.45, 7) is 0.207. The van der Waals surface area contributed by atoms with Crippen molar-refractivity contribution in [3.63, 3.8) is 0 Å². The van der Waals surface area contributed by atoms with E-state index in [0.717, 1.165) is 11.1 Å². The molecule has 4 rings (SSSR count). The molecule has 0 saturated heterocycles. The molecule has 4 nitrogen and oxygen atoms in total. The van der Waals surface area contributed by atoms with Gasteiger partial charge >= 0.3 is 0 Å². The largest absolute Gasteiger partial charge is 0.487 e. The van der Waals surface area contributed by atoms with E-state index < -0.39 is 0 Å². The van der Waals surface area contributed by atoms with Gasteiger partial charge in [0.2, 0.25) is 5.78 Å². The van der Waals surface area contributed by atoms with E-state index in [1.807, 2.05) is 6.20 Å². The number of halogens is 2. The molecule has 2 heterocycles. The van der Waals surface area contributed by atoms with Gasteiger partial charge < -0.3 is 4.74 Å². The van der Waals surface area contributed by atoms with Crippen LogP contribution in [0.5, 0.6) is 5.75 Å². The zero-order valence-corrected chi connectivity index (χ0v) is 13.1. The number of rotatable bonds is 4. The minimum atomic E-state index is -0.349. The van der Waals surface area contributed by atoms with Crippen LogP contribution in [0.1, 0.15) is 5.69 Å². The number of imidazole rings is 1. The Balaban J connectivity index is 1.56. The van der Waals surface area contributed by atoms with Gasteiger partial charge in [0.05, 0.1) is 5.69 Å². The SMILES string of the molecule is Fc1ccc(-c2cnc3nc(COc4cccc(F)c4)cn3c2)cc1. The summed E-state index contributed by atoms with van der Waals surface area (Å²) in [4.78, 5) is 8.68. The number of hydrogen-bond donors (Lipinski definition) is 0. The van der Waals surface area contributed by atoms with Crippen molar-refractivity contribution < 1.29 is 13.5 Å². The van der Waals surface area contributed by atoms with Gasteiger partial charge in [-0.2, -0.15) is 0 Å². The summed E-state index contributed by atoms with van der Waals surface area (Å²) in [6.07, 6.45) is 5.36. The second-order valence-corrected chi connectivity index (χ2v) is 5.54. The lowest BCUT2D eigenvalue weighted by Gasteiger charge is -2.03. The van der Waals surface area contributed by atoms with Crippen molar-refractivity contribution in [1.82, 2.24) is 14.4 Å². The van der Waals surface area contributed by atoms with E-state index >= 15 is 0 Å². The van der Waals surface area contributed by atoms with Gasteiger partial charge in [-0.1, -0.05) is 18.2 Å². The van der Waals surface area contributed by atoms with Crippen LogP contribution in [0.4, 0.5) is 8.78 Å². The average molecular weight is 337 g/mol. The number of hydrogen-bond acceptors (Lipinski definition) is 3. The highest BCUT2D eigenvalue weighted by molar-refractivity contribution is 5.62. The molecule has 0 amide bonds. The van der Waals surface area contributed by atoms with E-state index in [1.165, 1.54) is 24.3 Å². The summed E-state index contributed by atoms with van der Waals surface area (Å²) in [5, 5.41) is 0. The second-order valence-electron chi connectivity index (χ2n) is 5.54. The number of aromatic nitrogens is 3. The molecule has 2 aromatic heterocycles. The lowest BCUT2D eigenvalue weighted by Crippen LogP contribution is -1.95. The Kier molecular flexibility index (Phi) is 3.85. The molecule has 0 N–H and O–H groups in total. The predicted octanol–water partition coefficient (Wildman–Crippen LogP) is 4.25. The zero-order valence-electron chi connectivity index (χ0n) is 13.1. The fraction of sp³-hybridized carbons (Fsp3) is 0.0526. The quantitative estimate of drug-likeness (QED) is 0.559. The molecule has 0 spiro atoms. The molecule has 0 saturated carbocycles. The molecule has 124 valence electrons. The Morgan fingerprint density at radius 2 is 1.76 bits per heavy atom. The van der Waals surface area contributed by atoms with Crippen molar-refractivity contribution >= 4 is 5.78 Å². The van der Waals surface area contributed by atoms with Gasteiger partial charge in [0.1, 0.15) is 24.0 Å². The molecular formula is C19H13F2N3O. The molecule has 0 fully saturated rings. The molecule has 0 aliphatic rings. The normalized spacial score (nSPS) is 11.0. The van der Waals surface area contributed by atoms with Crippen LogP contribution >= 0.6 is 0 Å². The van der Waals surface area contributed by atoms with Crippen molar-refractivity contribution in [2.24, 2.45) is 0 Å². The number of ether oxygens (including phenoxy) is 1. The molecule has 2 aromatic carbocycles. The maximum Gasteiger partial charge on any atom is 0.234 e. The summed E-state index contributed by atoms with van der Waals surface area (Å²) in [7, 11) is 0. The summed E-state index contributed by atoms with van der Waals surface area (Å²) in [5.41, 5.74) is 2.39. The maximum absolute atomic E-state index is 13.2. The van der Waals surface area contributed by atoms with E-state index in [2.05, 4.69) is 9.97 Å². The molecule has 0 radical (unpaired) electrons. The first-order chi connectivity index (χ1) is 12.2. The summed E-state index contributed by atoms with van der Waals surface area (Å²) < 4.78 is 33.5. The van der Waals surface area contributed by atoms with Crippen LogP contribution in [-0.2, 0) is 6.61 Å². The highest BCUT2D eigenvalue weighted by Crippen LogP contribution is 2.20. The van der Waals surface area contributed by atoms with Gasteiger partial charge in [0.15, 0.2) is 0 Å². The van der Waals surface area contributed by atoms with Gasteiger partial charge in [0.25, 0.3) is 0 Å². The van der Waals surface area contributed by atoms with Gasteiger partial charge in [-0.25, -0.2) is 18.7 Å². The minimum Gasteiger partial charge on any atom is -0.487 e. The van der Waals surface area contributed by atoms with Gasteiger partial charge in [-0.15, -0.1) is 0 Å². The van der Waals surface area contributed by atoms with Crippen molar-refractivity contribution in [2.75, 3.05) is 0 Å². The topological polar surface area (TPSA) is 39.4 Å². The standard InChI is InChI=1S/C19H13F2N3O/c20-15-6-4-13(5-7-15)14-9-22-19-23-17(11-24(19)10-14)12-25-18-3-1-2-16(21)8-18/h1-11H,12H2. The molecule has 0 aliphatic carbocycles. The number of fused-ring (bicyclic) bond motifs is 1. The fourth-order valence-electron chi connectivity index (χ4n) is 2.51. The van der Waals surface area contributed by atoms with Gasteiger partial charge in [-0.3, -0.25) is 4.40 Å². The molecular weight excluding hydrogens is 324 g/mol. The monoisotopic (exact) mass is 337 g/mol. The first kappa shape index (κ1) is 15.3. The van der Waals surface area contributed by atoms with Crippen molar-refractivity contribution in [3.05, 3.63) is 84.4 Å². The first-order valence-corrected chi connectivity index (χ1v) is 7.65. The van der Waals surface area contributed by atoms with Crippen LogP contribution in [0.15, 0.2) is 67.1 Å². The van der Waals surface area contributed by atoms with Crippen LogP contribution in [-0.4, -0.2) is 14.4 Å². The number of benzene rings is 2. The minimum absolute atomic E-state index is 0.207. The smallest absolute Gasteiger partial charge is 0.234 e. The Labute approximate surface area is 142 Å². The molecule has 0 atom stereocenters. The summed E-state index contributed by atoms with van der Waals surface area (Å²) in [5.74, 6) is 0.344. The number of nitrogens with zero attached hydrogens (tertiary/aromatic N) is 3. The van der Waals surface area contributed by atoms with Crippen LogP contribution in [0, 0.1) is 11.6 Å². The first-order valence-electron chi connectivity index (χ1n) is 7.65. The molecule has 4 aromatic rings. The summed E-state index contributed by atoms with van der Waals surface area (Å²) >= 11 is 0. The molecule has 0 unspecified atom stereocenters. The third-order valence-corrected chi connectivity index (χ3v) is 3.72. The lowest BCUT2D eigenvalue weighted by atomic mass is 10.1. The van der Waals surface area contributed by atoms with Crippen molar-refractivity contribution in [1.29, 1.82) is 0 Å². The van der Waals surface area contributed by atoms with Crippen LogP contribution in [0.3, 0.4) is 0 Å². The van der Waals surface area contributed by atoms with Crippen LogP contribution < -0.4 is 4.74 Å². The van der Waals surface area contributed by atoms with E-state index in [-0.39, 0.29) is 18.2 Å². The third kappa shape index (κ3) is 3.33. The third-order valence-electron chi connectivity index (χ3n) is 3.72. The zero-order chi connectivity index (χ0) is 17.2. The van der Waals surface area contributed by atoms with Crippen LogP contribution in [0.25, 0.3) is 16.9 Å². The molecule has 25 heavy (non-hydrogen) atoms. The fourth-order valence-corrected chi connectivity index (χ4v) is 2.51. The summed E-state index contributed by atoms with van der Waals surface area (Å²) in [6, 6.07) is 12.2. The van der Waals surface area contributed by atoms with E-state index in [1.54, 1.807) is 41.1 Å². The highest BCUT2D eigenvalue weighted by Gasteiger charge is 2.06. The Morgan fingerprint density at radius 1 is 0.920 bits per heavy atom. The second kappa shape index (κ2) is 6.32.